The van der Waals surface area contributed by atoms with Crippen LogP contribution in [0.4, 0.5) is 0 Å². The highest BCUT2D eigenvalue weighted by Crippen LogP contribution is 2.30. The summed E-state index contributed by atoms with van der Waals surface area (Å²) in [7, 11) is 0. The number of hydrogen-bond acceptors (Lipinski definition) is 2. The minimum absolute atomic E-state index is 0.00285. The van der Waals surface area contributed by atoms with Gasteiger partial charge in [-0.05, 0) is 85.8 Å². The number of nitrogens with one attached hydrogen (secondary N) is 1. The molecule has 2 atom stereocenters. The molecule has 0 aliphatic heterocycles. The highest BCUT2D eigenvalue weighted by Gasteiger charge is 2.26. The zero-order chi connectivity index (χ0) is 18.6. The van der Waals surface area contributed by atoms with Gasteiger partial charge in [0.2, 0.25) is 0 Å². The van der Waals surface area contributed by atoms with Crippen molar-refractivity contribution in [2.45, 2.75) is 70.4 Å². The summed E-state index contributed by atoms with van der Waals surface area (Å²) < 4.78 is 6.11. The molecular weight excluding hydrogens is 334 g/mol. The third kappa shape index (κ3) is 4.02. The van der Waals surface area contributed by atoms with E-state index in [1.807, 2.05) is 13.0 Å². The Labute approximate surface area is 162 Å². The smallest absolute Gasteiger partial charge is 0.261 e. The topological polar surface area (TPSA) is 38.3 Å². The third-order valence-corrected chi connectivity index (χ3v) is 5.95. The van der Waals surface area contributed by atoms with E-state index in [2.05, 4.69) is 41.7 Å². The minimum atomic E-state index is -0.444. The summed E-state index contributed by atoms with van der Waals surface area (Å²) in [5, 5.41) is 3.24. The molecule has 1 N–H and O–H groups in total. The Morgan fingerprint density at radius 3 is 2.67 bits per heavy atom. The second-order valence-corrected chi connectivity index (χ2v) is 7.80. The maximum absolute atomic E-state index is 12.9. The number of hydrogen-bond donors (Lipinski definition) is 1. The van der Waals surface area contributed by atoms with Crippen molar-refractivity contribution in [1.29, 1.82) is 0 Å². The molecule has 2 aliphatic carbocycles. The number of fused-ring (bicyclic) bond motifs is 2. The molecule has 0 saturated carbocycles. The first-order valence-corrected chi connectivity index (χ1v) is 10.4. The molecule has 0 fully saturated rings. The van der Waals surface area contributed by atoms with Crippen LogP contribution in [0.1, 0.15) is 67.3 Å². The van der Waals surface area contributed by atoms with Gasteiger partial charge < -0.3 is 10.1 Å². The van der Waals surface area contributed by atoms with Gasteiger partial charge in [0.05, 0.1) is 6.04 Å². The van der Waals surface area contributed by atoms with E-state index in [1.54, 1.807) is 0 Å². The Balaban J connectivity index is 1.44. The summed E-state index contributed by atoms with van der Waals surface area (Å²) in [6, 6.07) is 14.9. The van der Waals surface area contributed by atoms with Gasteiger partial charge in [-0.2, -0.15) is 0 Å². The lowest BCUT2D eigenvalue weighted by Gasteiger charge is -2.28. The quantitative estimate of drug-likeness (QED) is 0.819. The average molecular weight is 364 g/mol. The molecule has 0 saturated heterocycles. The highest BCUT2D eigenvalue weighted by molar-refractivity contribution is 5.81. The Morgan fingerprint density at radius 2 is 1.81 bits per heavy atom. The second-order valence-electron chi connectivity index (χ2n) is 7.80. The summed E-state index contributed by atoms with van der Waals surface area (Å²) in [6.45, 7) is 2.01. The zero-order valence-electron chi connectivity index (χ0n) is 16.2. The maximum Gasteiger partial charge on any atom is 0.261 e. The van der Waals surface area contributed by atoms with Crippen LogP contribution in [0, 0.1) is 0 Å². The number of carbonyl (C=O) groups excluding carboxylic acids is 1. The number of carbonyl (C=O) groups is 1. The Kier molecular flexibility index (Phi) is 5.47. The first kappa shape index (κ1) is 18.1. The van der Waals surface area contributed by atoms with Gasteiger partial charge >= 0.3 is 0 Å². The van der Waals surface area contributed by atoms with Crippen molar-refractivity contribution in [3.05, 3.63) is 64.7 Å². The standard InChI is InChI=1S/C24H29NO2/c1-2-23(27-20-15-14-17-8-3-4-10-19(17)16-20)24(26)25-22-13-7-11-18-9-5-6-12-21(18)22/h5-6,9,12,14-16,22-23H,2-4,7-8,10-11,13H2,1H3,(H,25,26)/t22-,23-/m0/s1. The third-order valence-electron chi connectivity index (χ3n) is 5.95. The molecule has 2 aliphatic rings. The van der Waals surface area contributed by atoms with Crippen LogP contribution in [0.25, 0.3) is 0 Å². The van der Waals surface area contributed by atoms with Crippen LogP contribution in [-0.2, 0) is 24.1 Å². The molecular formula is C24H29NO2. The van der Waals surface area contributed by atoms with Gasteiger partial charge in [0.1, 0.15) is 5.75 Å². The number of benzene rings is 2. The Bertz CT molecular complexity index is 814. The number of rotatable bonds is 5. The fraction of sp³-hybridized carbons (Fsp3) is 0.458. The molecule has 4 rings (SSSR count). The van der Waals surface area contributed by atoms with E-state index in [4.69, 9.17) is 4.74 Å². The molecule has 0 unspecified atom stereocenters. The van der Waals surface area contributed by atoms with Crippen LogP contribution in [0.3, 0.4) is 0 Å². The second kappa shape index (κ2) is 8.16. The van der Waals surface area contributed by atoms with Crippen LogP contribution in [-0.4, -0.2) is 12.0 Å². The monoisotopic (exact) mass is 363 g/mol. The van der Waals surface area contributed by atoms with Crippen molar-refractivity contribution in [3.8, 4) is 5.75 Å². The maximum atomic E-state index is 12.9. The molecule has 142 valence electrons. The van der Waals surface area contributed by atoms with Crippen LogP contribution >= 0.6 is 0 Å². The zero-order valence-corrected chi connectivity index (χ0v) is 16.2. The summed E-state index contributed by atoms with van der Waals surface area (Å²) in [6.07, 6.45) is 8.24. The lowest BCUT2D eigenvalue weighted by atomic mass is 9.87. The lowest BCUT2D eigenvalue weighted by Crippen LogP contribution is -2.41. The van der Waals surface area contributed by atoms with E-state index in [9.17, 15) is 4.79 Å². The number of aryl methyl sites for hydroxylation is 3. The number of amides is 1. The number of ether oxygens (including phenoxy) is 1. The molecule has 2 aromatic rings. The normalized spacial score (nSPS) is 19.5. The van der Waals surface area contributed by atoms with Crippen LogP contribution in [0.5, 0.6) is 5.75 Å². The van der Waals surface area contributed by atoms with Crippen molar-refractivity contribution in [1.82, 2.24) is 5.32 Å². The Hall–Kier alpha value is -2.29. The molecule has 0 heterocycles. The summed E-state index contributed by atoms with van der Waals surface area (Å²) >= 11 is 0. The SMILES string of the molecule is CC[C@H](Oc1ccc2c(c1)CCCC2)C(=O)N[C@H]1CCCc2ccccc21. The molecule has 0 radical (unpaired) electrons. The van der Waals surface area contributed by atoms with Gasteiger partial charge in [0, 0.05) is 0 Å². The van der Waals surface area contributed by atoms with Gasteiger partial charge in [-0.3, -0.25) is 4.79 Å². The predicted octanol–water partition coefficient (Wildman–Crippen LogP) is 4.92. The van der Waals surface area contributed by atoms with Crippen LogP contribution in [0.15, 0.2) is 42.5 Å². The average Bonchev–Trinajstić information content (AvgIpc) is 2.72. The first-order valence-electron chi connectivity index (χ1n) is 10.4. The summed E-state index contributed by atoms with van der Waals surface area (Å²) in [4.78, 5) is 12.9. The minimum Gasteiger partial charge on any atom is -0.481 e. The molecule has 0 aromatic heterocycles. The van der Waals surface area contributed by atoms with E-state index in [1.165, 1.54) is 35.1 Å². The largest absolute Gasteiger partial charge is 0.481 e. The van der Waals surface area contributed by atoms with E-state index in [-0.39, 0.29) is 11.9 Å². The van der Waals surface area contributed by atoms with Gasteiger partial charge in [-0.1, -0.05) is 37.3 Å². The van der Waals surface area contributed by atoms with E-state index in [0.717, 1.165) is 37.9 Å². The molecule has 0 bridgehead atoms. The molecule has 0 spiro atoms. The Morgan fingerprint density at radius 1 is 1.04 bits per heavy atom. The molecule has 2 aromatic carbocycles. The van der Waals surface area contributed by atoms with Crippen molar-refractivity contribution < 1.29 is 9.53 Å². The lowest BCUT2D eigenvalue weighted by molar-refractivity contribution is -0.129. The van der Waals surface area contributed by atoms with Gasteiger partial charge in [0.25, 0.3) is 5.91 Å². The van der Waals surface area contributed by atoms with Crippen LogP contribution in [0.2, 0.25) is 0 Å². The van der Waals surface area contributed by atoms with Crippen molar-refractivity contribution in [2.24, 2.45) is 0 Å². The molecule has 3 heteroatoms. The first-order chi connectivity index (χ1) is 13.2. The highest BCUT2D eigenvalue weighted by atomic mass is 16.5. The van der Waals surface area contributed by atoms with E-state index in [0.29, 0.717) is 6.42 Å². The predicted molar refractivity (Wildman–Crippen MR) is 108 cm³/mol. The van der Waals surface area contributed by atoms with Gasteiger partial charge in [0.15, 0.2) is 6.10 Å². The van der Waals surface area contributed by atoms with Gasteiger partial charge in [-0.15, -0.1) is 0 Å². The van der Waals surface area contributed by atoms with Crippen LogP contribution < -0.4 is 10.1 Å². The fourth-order valence-electron chi connectivity index (χ4n) is 4.44. The molecule has 1 amide bonds. The van der Waals surface area contributed by atoms with Crippen molar-refractivity contribution in [2.75, 3.05) is 0 Å². The molecule has 3 nitrogen and oxygen atoms in total. The van der Waals surface area contributed by atoms with E-state index < -0.39 is 6.10 Å². The van der Waals surface area contributed by atoms with Crippen molar-refractivity contribution >= 4 is 5.91 Å². The summed E-state index contributed by atoms with van der Waals surface area (Å²) in [5.74, 6) is 0.818. The fourth-order valence-corrected chi connectivity index (χ4v) is 4.44. The summed E-state index contributed by atoms with van der Waals surface area (Å²) in [5.41, 5.74) is 5.44. The van der Waals surface area contributed by atoms with Gasteiger partial charge in [-0.25, -0.2) is 0 Å². The molecule has 27 heavy (non-hydrogen) atoms. The van der Waals surface area contributed by atoms with Crippen molar-refractivity contribution in [3.63, 3.8) is 0 Å². The van der Waals surface area contributed by atoms with E-state index >= 15 is 0 Å².